The van der Waals surface area contributed by atoms with Gasteiger partial charge in [-0.05, 0) is 26.7 Å². The van der Waals surface area contributed by atoms with E-state index in [0.717, 1.165) is 0 Å². The Morgan fingerprint density at radius 3 is 2.41 bits per heavy atom. The minimum absolute atomic E-state index is 0.128. The molecule has 0 saturated carbocycles. The third kappa shape index (κ3) is 7.94. The summed E-state index contributed by atoms with van der Waals surface area (Å²) in [7, 11) is -3.95. The van der Waals surface area contributed by atoms with Crippen LogP contribution in [0, 0.1) is 0 Å². The molecule has 8 heteroatoms. The van der Waals surface area contributed by atoms with E-state index in [1.54, 1.807) is 25.5 Å². The Hall–Kier alpha value is -0.860. The van der Waals surface area contributed by atoms with Gasteiger partial charge in [0.05, 0.1) is 6.10 Å². The van der Waals surface area contributed by atoms with Crippen LogP contribution in [0.3, 0.4) is 0 Å². The molecule has 1 unspecified atom stereocenters. The van der Waals surface area contributed by atoms with E-state index in [-0.39, 0.29) is 13.0 Å². The van der Waals surface area contributed by atoms with E-state index in [1.807, 2.05) is 0 Å². The largest absolute Gasteiger partial charge is 0.446 e. The molecule has 0 aliphatic heterocycles. The molecule has 0 radical (unpaired) electrons. The van der Waals surface area contributed by atoms with Gasteiger partial charge in [-0.25, -0.2) is 9.52 Å². The minimum atomic E-state index is -3.95. The highest BCUT2D eigenvalue weighted by Gasteiger charge is 2.19. The Morgan fingerprint density at radius 2 is 2.00 bits per heavy atom. The van der Waals surface area contributed by atoms with Crippen molar-refractivity contribution in [1.82, 2.24) is 9.44 Å². The van der Waals surface area contributed by atoms with E-state index in [9.17, 15) is 13.2 Å². The third-order valence-corrected chi connectivity index (χ3v) is 2.93. The van der Waals surface area contributed by atoms with Crippen molar-refractivity contribution in [3.8, 4) is 0 Å². The topological polar surface area (TPSA) is 105 Å². The lowest BCUT2D eigenvalue weighted by Crippen LogP contribution is -2.45. The molecule has 1 amide bonds. The van der Waals surface area contributed by atoms with Crippen molar-refractivity contribution >= 4 is 16.3 Å². The molecule has 1 atom stereocenters. The predicted octanol–water partition coefficient (Wildman–Crippen LogP) is 0.116. The molecule has 3 N–H and O–H groups in total. The fourth-order valence-corrected chi connectivity index (χ4v) is 2.15. The average Bonchev–Trinajstić information content (AvgIpc) is 2.14. The van der Waals surface area contributed by atoms with Crippen LogP contribution in [0.5, 0.6) is 0 Å². The van der Waals surface area contributed by atoms with Gasteiger partial charge in [0.2, 0.25) is 0 Å². The molecule has 0 spiro atoms. The Bertz CT molecular complexity index is 328. The molecule has 0 aromatic heterocycles. The van der Waals surface area contributed by atoms with E-state index in [1.165, 1.54) is 0 Å². The zero-order valence-corrected chi connectivity index (χ0v) is 11.1. The molecule has 0 fully saturated rings. The molecular formula is C9H20N2O5S. The van der Waals surface area contributed by atoms with Crippen LogP contribution < -0.4 is 9.44 Å². The lowest BCUT2D eigenvalue weighted by molar-refractivity contribution is 0.121. The number of rotatable bonds is 7. The molecule has 0 rings (SSSR count). The second-order valence-electron chi connectivity index (χ2n) is 3.79. The maximum absolute atomic E-state index is 11.5. The number of carbonyl (C=O) groups is 1. The van der Waals surface area contributed by atoms with E-state index >= 15 is 0 Å². The third-order valence-electron chi connectivity index (χ3n) is 1.85. The van der Waals surface area contributed by atoms with Crippen LogP contribution in [0.2, 0.25) is 0 Å². The van der Waals surface area contributed by atoms with Crippen LogP contribution in [-0.4, -0.2) is 38.4 Å². The smallest absolute Gasteiger partial charge is 0.422 e. The highest BCUT2D eigenvalue weighted by molar-refractivity contribution is 7.88. The van der Waals surface area contributed by atoms with Crippen molar-refractivity contribution in [2.24, 2.45) is 0 Å². The van der Waals surface area contributed by atoms with E-state index in [4.69, 9.17) is 5.11 Å². The number of hydrogen-bond donors (Lipinski definition) is 3. The predicted molar refractivity (Wildman–Crippen MR) is 62.6 cm³/mol. The van der Waals surface area contributed by atoms with Crippen LogP contribution in [0.4, 0.5) is 4.79 Å². The first-order valence-corrected chi connectivity index (χ1v) is 6.90. The van der Waals surface area contributed by atoms with E-state index in [2.05, 4.69) is 9.46 Å². The molecule has 0 bridgehead atoms. The maximum atomic E-state index is 11.5. The molecule has 0 saturated heterocycles. The van der Waals surface area contributed by atoms with Crippen molar-refractivity contribution < 1.29 is 23.1 Å². The van der Waals surface area contributed by atoms with E-state index in [0.29, 0.717) is 6.42 Å². The molecule has 0 aliphatic rings. The molecule has 7 nitrogen and oxygen atoms in total. The molecule has 102 valence electrons. The normalized spacial score (nSPS) is 13.5. The summed E-state index contributed by atoms with van der Waals surface area (Å²) in [5, 5.41) is 8.72. The number of aliphatic hydroxyl groups is 1. The highest BCUT2D eigenvalue weighted by Crippen LogP contribution is 1.99. The number of ether oxygens (including phenoxy) is 1. The van der Waals surface area contributed by atoms with Gasteiger partial charge in [-0.1, -0.05) is 6.92 Å². The lowest BCUT2D eigenvalue weighted by Gasteiger charge is -2.16. The molecule has 17 heavy (non-hydrogen) atoms. The Balaban J connectivity index is 4.32. The van der Waals surface area contributed by atoms with Crippen LogP contribution >= 0.6 is 0 Å². The zero-order valence-electron chi connectivity index (χ0n) is 10.3. The van der Waals surface area contributed by atoms with Gasteiger partial charge in [0.25, 0.3) is 0 Å². The molecule has 0 aromatic carbocycles. The Kier molecular flexibility index (Phi) is 7.09. The van der Waals surface area contributed by atoms with Crippen LogP contribution in [0.15, 0.2) is 0 Å². The zero-order chi connectivity index (χ0) is 13.5. The monoisotopic (exact) mass is 268 g/mol. The Labute approximate surface area is 102 Å². The first-order valence-electron chi connectivity index (χ1n) is 5.42. The second kappa shape index (κ2) is 7.46. The quantitative estimate of drug-likeness (QED) is 0.608. The molecule has 0 aromatic rings. The highest BCUT2D eigenvalue weighted by atomic mass is 32.2. The van der Waals surface area contributed by atoms with Gasteiger partial charge in [-0.3, -0.25) is 0 Å². The van der Waals surface area contributed by atoms with Gasteiger partial charge in [-0.15, -0.1) is 0 Å². The lowest BCUT2D eigenvalue weighted by atomic mass is 10.2. The fourth-order valence-electron chi connectivity index (χ4n) is 1.10. The summed E-state index contributed by atoms with van der Waals surface area (Å²) in [4.78, 5) is 11.1. The van der Waals surface area contributed by atoms with Gasteiger partial charge in [0.1, 0.15) is 0 Å². The van der Waals surface area contributed by atoms with E-state index < -0.39 is 28.4 Å². The molecule has 0 aliphatic carbocycles. The summed E-state index contributed by atoms with van der Waals surface area (Å²) in [6, 6.07) is -0.413. The summed E-state index contributed by atoms with van der Waals surface area (Å²) < 4.78 is 31.5. The van der Waals surface area contributed by atoms with Crippen LogP contribution in [-0.2, 0) is 14.9 Å². The first-order chi connectivity index (χ1) is 7.80. The minimum Gasteiger partial charge on any atom is -0.446 e. The van der Waals surface area contributed by atoms with Crippen molar-refractivity contribution in [2.75, 3.05) is 6.61 Å². The number of aliphatic hydroxyl groups excluding tert-OH is 1. The van der Waals surface area contributed by atoms with Gasteiger partial charge >= 0.3 is 16.3 Å². The van der Waals surface area contributed by atoms with Crippen LogP contribution in [0.25, 0.3) is 0 Å². The van der Waals surface area contributed by atoms with Gasteiger partial charge in [0.15, 0.2) is 0 Å². The van der Waals surface area contributed by atoms with Gasteiger partial charge < -0.3 is 9.84 Å². The van der Waals surface area contributed by atoms with Gasteiger partial charge in [0, 0.05) is 12.6 Å². The standard InChI is InChI=1S/C9H20N2O5S/c1-4-8(5-6-12)10-17(14,15)11-9(13)16-7(2)3/h7-8,10,12H,4-6H2,1-3H3,(H,11,13). The Morgan fingerprint density at radius 1 is 1.41 bits per heavy atom. The maximum Gasteiger partial charge on any atom is 0.422 e. The number of nitrogens with one attached hydrogen (secondary N) is 2. The molecule has 0 heterocycles. The number of amides is 1. The number of hydrogen-bond acceptors (Lipinski definition) is 5. The van der Waals surface area contributed by atoms with Gasteiger partial charge in [-0.2, -0.15) is 13.1 Å². The summed E-state index contributed by atoms with van der Waals surface area (Å²) in [6.07, 6.45) is -0.617. The summed E-state index contributed by atoms with van der Waals surface area (Å²) in [5.74, 6) is 0. The SMILES string of the molecule is CCC(CCO)NS(=O)(=O)NC(=O)OC(C)C. The summed E-state index contributed by atoms with van der Waals surface area (Å²) in [5.41, 5.74) is 0. The summed E-state index contributed by atoms with van der Waals surface area (Å²) >= 11 is 0. The number of carbonyl (C=O) groups excluding carboxylic acids is 1. The summed E-state index contributed by atoms with van der Waals surface area (Å²) in [6.45, 7) is 4.87. The fraction of sp³-hybridized carbons (Fsp3) is 0.889. The van der Waals surface area contributed by atoms with Crippen molar-refractivity contribution in [3.63, 3.8) is 0 Å². The first kappa shape index (κ1) is 16.1. The van der Waals surface area contributed by atoms with Crippen LogP contribution in [0.1, 0.15) is 33.6 Å². The second-order valence-corrected chi connectivity index (χ2v) is 5.24. The van der Waals surface area contributed by atoms with Crippen molar-refractivity contribution in [1.29, 1.82) is 0 Å². The van der Waals surface area contributed by atoms with Crippen molar-refractivity contribution in [3.05, 3.63) is 0 Å². The average molecular weight is 268 g/mol. The van der Waals surface area contributed by atoms with Crippen molar-refractivity contribution in [2.45, 2.75) is 45.8 Å². The molecular weight excluding hydrogens is 248 g/mol.